The number of aromatic nitrogens is 1. The number of rotatable bonds is 3. The summed E-state index contributed by atoms with van der Waals surface area (Å²) in [4.78, 5) is 6.75. The summed E-state index contributed by atoms with van der Waals surface area (Å²) < 4.78 is 6.18. The molecule has 1 aromatic heterocycles. The predicted octanol–water partition coefficient (Wildman–Crippen LogP) is 5.34. The largest absolute Gasteiger partial charge is 0.438 e. The summed E-state index contributed by atoms with van der Waals surface area (Å²) in [7, 11) is 0. The number of ether oxygens (including phenoxy) is 1. The Morgan fingerprint density at radius 2 is 1.75 bits per heavy atom. The first-order valence-corrected chi connectivity index (χ1v) is 9.72. The van der Waals surface area contributed by atoms with Crippen LogP contribution in [0, 0.1) is 6.92 Å². The second kappa shape index (κ2) is 7.50. The number of likely N-dealkylation sites (tertiary alicyclic amines) is 1. The summed E-state index contributed by atoms with van der Waals surface area (Å²) in [6.45, 7) is 6.23. The Labute approximate surface area is 165 Å². The molecule has 0 saturated carbocycles. The van der Waals surface area contributed by atoms with Crippen LogP contribution in [0.15, 0.2) is 59.8 Å². The van der Waals surface area contributed by atoms with E-state index in [4.69, 9.17) is 4.74 Å². The molecule has 144 valence electrons. The van der Waals surface area contributed by atoms with E-state index in [-0.39, 0.29) is 0 Å². The van der Waals surface area contributed by atoms with Gasteiger partial charge in [0.1, 0.15) is 5.75 Å². The Kier molecular flexibility index (Phi) is 4.90. The number of hydrogen-bond acceptors (Lipinski definition) is 4. The first-order valence-electron chi connectivity index (χ1n) is 9.72. The van der Waals surface area contributed by atoms with Crippen molar-refractivity contribution in [3.8, 4) is 11.6 Å². The normalized spacial score (nSPS) is 20.0. The third kappa shape index (κ3) is 3.40. The second-order valence-corrected chi connectivity index (χ2v) is 7.52. The van der Waals surface area contributed by atoms with Gasteiger partial charge in [0, 0.05) is 17.8 Å². The number of pyridine rings is 1. The van der Waals surface area contributed by atoms with Gasteiger partial charge in [-0.15, -0.1) is 0 Å². The van der Waals surface area contributed by atoms with Crippen LogP contribution < -0.4 is 4.74 Å². The lowest BCUT2D eigenvalue weighted by molar-refractivity contribution is 0.282. The molecule has 5 heteroatoms. The van der Waals surface area contributed by atoms with Gasteiger partial charge < -0.3 is 14.8 Å². The van der Waals surface area contributed by atoms with E-state index in [0.717, 1.165) is 29.3 Å². The molecule has 0 spiro atoms. The van der Waals surface area contributed by atoms with Gasteiger partial charge in [-0.25, -0.2) is 4.98 Å². The zero-order valence-electron chi connectivity index (χ0n) is 16.5. The molecule has 1 aliphatic heterocycles. The zero-order valence-corrected chi connectivity index (χ0v) is 16.5. The molecule has 1 aliphatic rings. The lowest BCUT2D eigenvalue weighted by atomic mass is 10.1. The fraction of sp³-hybridized carbons (Fsp3) is 0.304. The van der Waals surface area contributed by atoms with E-state index in [0.29, 0.717) is 35.1 Å². The van der Waals surface area contributed by atoms with Crippen LogP contribution in [-0.2, 0) is 0 Å². The maximum Gasteiger partial charge on any atom is 0.230 e. The molecule has 28 heavy (non-hydrogen) atoms. The Bertz CT molecular complexity index is 1020. The first kappa shape index (κ1) is 18.3. The van der Waals surface area contributed by atoms with Crippen LogP contribution in [0.5, 0.6) is 11.6 Å². The second-order valence-electron chi connectivity index (χ2n) is 7.52. The smallest absolute Gasteiger partial charge is 0.230 e. The van der Waals surface area contributed by atoms with Gasteiger partial charge in [-0.2, -0.15) is 0 Å². The molecule has 3 aromatic rings. The van der Waals surface area contributed by atoms with Gasteiger partial charge in [-0.3, -0.25) is 0 Å². The van der Waals surface area contributed by atoms with Crippen molar-refractivity contribution in [1.82, 2.24) is 9.88 Å². The molecule has 2 unspecified atom stereocenters. The summed E-state index contributed by atoms with van der Waals surface area (Å²) in [5.74, 6) is 1.67. The van der Waals surface area contributed by atoms with Crippen molar-refractivity contribution in [2.75, 3.05) is 0 Å². The molecule has 0 radical (unpaired) electrons. The third-order valence-corrected chi connectivity index (χ3v) is 5.47. The molecule has 1 saturated heterocycles. The highest BCUT2D eigenvalue weighted by Crippen LogP contribution is 2.31. The highest BCUT2D eigenvalue weighted by molar-refractivity contribution is 6.01. The summed E-state index contributed by atoms with van der Waals surface area (Å²) in [6, 6.07) is 18.6. The van der Waals surface area contributed by atoms with E-state index >= 15 is 0 Å². The molecular formula is C23H25N3O2. The van der Waals surface area contributed by atoms with Crippen molar-refractivity contribution in [2.24, 2.45) is 5.16 Å². The van der Waals surface area contributed by atoms with Gasteiger partial charge in [0.2, 0.25) is 5.88 Å². The minimum Gasteiger partial charge on any atom is -0.438 e. The molecule has 2 heterocycles. The number of oxime groups is 1. The summed E-state index contributed by atoms with van der Waals surface area (Å²) >= 11 is 0. The fourth-order valence-electron chi connectivity index (χ4n) is 3.98. The van der Waals surface area contributed by atoms with Crippen LogP contribution >= 0.6 is 0 Å². The standard InChI is InChI=1S/C23H25N3O2/c1-15-8-13-21(22(25-27)26-16(2)9-10-17(26)3)23(24-15)28-20-12-11-18-6-4-5-7-19(18)14-20/h4-8,11-14,16-17,27H,9-10H2,1-3H3/b25-22-. The van der Waals surface area contributed by atoms with E-state index in [1.807, 2.05) is 49.4 Å². The van der Waals surface area contributed by atoms with Crippen molar-refractivity contribution in [3.05, 3.63) is 65.9 Å². The number of nitrogens with zero attached hydrogens (tertiary/aromatic N) is 3. The predicted molar refractivity (Wildman–Crippen MR) is 111 cm³/mol. The Balaban J connectivity index is 1.73. The highest BCUT2D eigenvalue weighted by Gasteiger charge is 2.32. The van der Waals surface area contributed by atoms with Crippen molar-refractivity contribution < 1.29 is 9.94 Å². The lowest BCUT2D eigenvalue weighted by Gasteiger charge is -2.29. The van der Waals surface area contributed by atoms with Crippen molar-refractivity contribution in [2.45, 2.75) is 45.7 Å². The minimum atomic E-state index is 0.302. The fourth-order valence-corrected chi connectivity index (χ4v) is 3.98. The van der Waals surface area contributed by atoms with Crippen LogP contribution in [0.2, 0.25) is 0 Å². The number of aryl methyl sites for hydroxylation is 1. The third-order valence-electron chi connectivity index (χ3n) is 5.47. The molecule has 1 N–H and O–H groups in total. The van der Waals surface area contributed by atoms with E-state index in [9.17, 15) is 5.21 Å². The van der Waals surface area contributed by atoms with Gasteiger partial charge in [0.25, 0.3) is 0 Å². The maximum absolute atomic E-state index is 9.84. The molecule has 4 rings (SSSR count). The number of hydrogen-bond donors (Lipinski definition) is 1. The quantitative estimate of drug-likeness (QED) is 0.290. The van der Waals surface area contributed by atoms with E-state index in [2.05, 4.69) is 41.0 Å². The monoisotopic (exact) mass is 375 g/mol. The average molecular weight is 375 g/mol. The molecule has 0 bridgehead atoms. The summed E-state index contributed by atoms with van der Waals surface area (Å²) in [6.07, 6.45) is 2.14. The molecule has 2 atom stereocenters. The van der Waals surface area contributed by atoms with Crippen LogP contribution in [0.3, 0.4) is 0 Å². The number of fused-ring (bicyclic) bond motifs is 1. The van der Waals surface area contributed by atoms with Gasteiger partial charge >= 0.3 is 0 Å². The molecule has 0 amide bonds. The van der Waals surface area contributed by atoms with Crippen molar-refractivity contribution in [3.63, 3.8) is 0 Å². The molecular weight excluding hydrogens is 350 g/mol. The zero-order chi connectivity index (χ0) is 19.7. The first-order chi connectivity index (χ1) is 13.6. The summed E-state index contributed by atoms with van der Waals surface area (Å²) in [5.41, 5.74) is 1.54. The number of benzene rings is 2. The topological polar surface area (TPSA) is 58.0 Å². The minimum absolute atomic E-state index is 0.302. The van der Waals surface area contributed by atoms with Gasteiger partial charge in [0.15, 0.2) is 5.84 Å². The SMILES string of the molecule is Cc1ccc(/C(=N/O)N2C(C)CCC2C)c(Oc2ccc3ccccc3c2)n1. The Morgan fingerprint density at radius 1 is 1.04 bits per heavy atom. The van der Waals surface area contributed by atoms with Gasteiger partial charge in [0.05, 0.1) is 5.56 Å². The lowest BCUT2D eigenvalue weighted by Crippen LogP contribution is -2.39. The van der Waals surface area contributed by atoms with Gasteiger partial charge in [-0.1, -0.05) is 35.5 Å². The van der Waals surface area contributed by atoms with Crippen molar-refractivity contribution in [1.29, 1.82) is 0 Å². The van der Waals surface area contributed by atoms with Crippen LogP contribution in [0.4, 0.5) is 0 Å². The van der Waals surface area contributed by atoms with Crippen LogP contribution in [-0.4, -0.2) is 33.0 Å². The van der Waals surface area contributed by atoms with Gasteiger partial charge in [-0.05, 0) is 68.7 Å². The summed E-state index contributed by atoms with van der Waals surface area (Å²) in [5, 5.41) is 15.7. The van der Waals surface area contributed by atoms with E-state index in [1.54, 1.807) is 0 Å². The van der Waals surface area contributed by atoms with Crippen LogP contribution in [0.25, 0.3) is 10.8 Å². The van der Waals surface area contributed by atoms with Crippen LogP contribution in [0.1, 0.15) is 37.9 Å². The van der Waals surface area contributed by atoms with E-state index < -0.39 is 0 Å². The maximum atomic E-state index is 9.84. The average Bonchev–Trinajstić information content (AvgIpc) is 3.02. The highest BCUT2D eigenvalue weighted by atomic mass is 16.5. The molecule has 5 nitrogen and oxygen atoms in total. The Morgan fingerprint density at radius 3 is 2.46 bits per heavy atom. The molecule has 1 fully saturated rings. The Hall–Kier alpha value is -3.08. The molecule has 2 aromatic carbocycles. The van der Waals surface area contributed by atoms with Crippen molar-refractivity contribution >= 4 is 16.6 Å². The number of amidine groups is 1. The molecule has 0 aliphatic carbocycles. The van der Waals surface area contributed by atoms with E-state index in [1.165, 1.54) is 0 Å².